The van der Waals surface area contributed by atoms with E-state index in [4.69, 9.17) is 0 Å². The summed E-state index contributed by atoms with van der Waals surface area (Å²) in [6.07, 6.45) is 8.71. The summed E-state index contributed by atoms with van der Waals surface area (Å²) in [5, 5.41) is 3.51. The van der Waals surface area contributed by atoms with Crippen molar-refractivity contribution in [2.24, 2.45) is 0 Å². The van der Waals surface area contributed by atoms with Crippen LogP contribution in [0.4, 0.5) is 0 Å². The van der Waals surface area contributed by atoms with Crippen LogP contribution >= 0.6 is 0 Å². The molecule has 0 aromatic carbocycles. The van der Waals surface area contributed by atoms with Crippen molar-refractivity contribution in [3.8, 4) is 0 Å². The van der Waals surface area contributed by atoms with Gasteiger partial charge in [0.2, 0.25) is 0 Å². The van der Waals surface area contributed by atoms with Crippen molar-refractivity contribution >= 4 is 0 Å². The van der Waals surface area contributed by atoms with Crippen LogP contribution in [0.25, 0.3) is 0 Å². The summed E-state index contributed by atoms with van der Waals surface area (Å²) in [6, 6.07) is 0.639. The molecule has 3 nitrogen and oxygen atoms in total. The highest BCUT2D eigenvalue weighted by Crippen LogP contribution is 2.04. The minimum atomic E-state index is 0.639. The largest absolute Gasteiger partial charge is 0.348 e. The van der Waals surface area contributed by atoms with Crippen LogP contribution in [0.2, 0.25) is 0 Å². The van der Waals surface area contributed by atoms with Gasteiger partial charge in [-0.1, -0.05) is 26.7 Å². The number of hydrogen-bond acceptors (Lipinski definition) is 2. The molecule has 14 heavy (non-hydrogen) atoms. The topological polar surface area (TPSA) is 40.7 Å². The molecule has 1 unspecified atom stereocenters. The van der Waals surface area contributed by atoms with E-state index in [0.717, 1.165) is 12.4 Å². The van der Waals surface area contributed by atoms with Crippen LogP contribution in [0, 0.1) is 0 Å². The van der Waals surface area contributed by atoms with Gasteiger partial charge in [0.15, 0.2) is 0 Å². The number of aromatic amines is 1. The standard InChI is InChI=1S/C11H21N3/c1-3-5-6-10(4-2)14-9-11-12-7-8-13-11/h7-8,10,14H,3-6,9H2,1-2H3,(H,12,13). The van der Waals surface area contributed by atoms with E-state index in [0.29, 0.717) is 6.04 Å². The SMILES string of the molecule is CCCCC(CC)NCc1ncc[nH]1. The highest BCUT2D eigenvalue weighted by molar-refractivity contribution is 4.86. The third-order valence-electron chi connectivity index (χ3n) is 2.51. The van der Waals surface area contributed by atoms with Gasteiger partial charge in [0.25, 0.3) is 0 Å². The molecule has 0 bridgehead atoms. The smallest absolute Gasteiger partial charge is 0.120 e. The van der Waals surface area contributed by atoms with Gasteiger partial charge < -0.3 is 10.3 Å². The molecule has 0 aliphatic heterocycles. The fourth-order valence-corrected chi connectivity index (χ4v) is 1.54. The summed E-state index contributed by atoms with van der Waals surface area (Å²) in [4.78, 5) is 7.28. The molecule has 3 heteroatoms. The Kier molecular flexibility index (Phi) is 5.30. The number of H-pyrrole nitrogens is 1. The predicted molar refractivity (Wildman–Crippen MR) is 59.0 cm³/mol. The van der Waals surface area contributed by atoms with E-state index in [1.54, 1.807) is 6.20 Å². The molecule has 0 amide bonds. The number of hydrogen-bond donors (Lipinski definition) is 2. The second-order valence-corrected chi connectivity index (χ2v) is 3.66. The van der Waals surface area contributed by atoms with Gasteiger partial charge in [0.1, 0.15) is 5.82 Å². The van der Waals surface area contributed by atoms with Gasteiger partial charge in [0, 0.05) is 18.4 Å². The summed E-state index contributed by atoms with van der Waals surface area (Å²) in [7, 11) is 0. The molecule has 0 aliphatic rings. The highest BCUT2D eigenvalue weighted by Gasteiger charge is 2.04. The zero-order valence-electron chi connectivity index (χ0n) is 9.21. The molecule has 0 saturated heterocycles. The van der Waals surface area contributed by atoms with Gasteiger partial charge >= 0.3 is 0 Å². The van der Waals surface area contributed by atoms with Crippen LogP contribution < -0.4 is 5.32 Å². The molecule has 0 spiro atoms. The second-order valence-electron chi connectivity index (χ2n) is 3.66. The lowest BCUT2D eigenvalue weighted by Gasteiger charge is -2.15. The lowest BCUT2D eigenvalue weighted by molar-refractivity contribution is 0.447. The van der Waals surface area contributed by atoms with Crippen LogP contribution in [0.1, 0.15) is 45.4 Å². The number of nitrogens with zero attached hydrogens (tertiary/aromatic N) is 1. The van der Waals surface area contributed by atoms with Gasteiger partial charge in [-0.25, -0.2) is 4.98 Å². The van der Waals surface area contributed by atoms with Crippen LogP contribution in [0.3, 0.4) is 0 Å². The number of unbranched alkanes of at least 4 members (excludes halogenated alkanes) is 1. The molecule has 1 heterocycles. The molecule has 1 atom stereocenters. The van der Waals surface area contributed by atoms with Gasteiger partial charge in [-0.05, 0) is 12.8 Å². The fourth-order valence-electron chi connectivity index (χ4n) is 1.54. The number of imidazole rings is 1. The average molecular weight is 195 g/mol. The average Bonchev–Trinajstić information content (AvgIpc) is 2.71. The summed E-state index contributed by atoms with van der Waals surface area (Å²) < 4.78 is 0. The van der Waals surface area contributed by atoms with Crippen molar-refractivity contribution in [2.45, 2.75) is 52.1 Å². The van der Waals surface area contributed by atoms with E-state index in [-0.39, 0.29) is 0 Å². The minimum Gasteiger partial charge on any atom is -0.348 e. The fraction of sp³-hybridized carbons (Fsp3) is 0.727. The summed E-state index contributed by atoms with van der Waals surface area (Å²) in [6.45, 7) is 5.32. The third kappa shape index (κ3) is 3.92. The molecule has 0 saturated carbocycles. The second kappa shape index (κ2) is 6.60. The van der Waals surface area contributed by atoms with Crippen molar-refractivity contribution in [3.63, 3.8) is 0 Å². The molecule has 1 aromatic rings. The van der Waals surface area contributed by atoms with E-state index in [2.05, 4.69) is 29.1 Å². The van der Waals surface area contributed by atoms with Crippen LogP contribution in [0.5, 0.6) is 0 Å². The number of nitrogens with one attached hydrogen (secondary N) is 2. The highest BCUT2D eigenvalue weighted by atomic mass is 15.0. The Morgan fingerprint density at radius 2 is 2.36 bits per heavy atom. The molecular weight excluding hydrogens is 174 g/mol. The lowest BCUT2D eigenvalue weighted by atomic mass is 10.1. The Morgan fingerprint density at radius 3 is 2.93 bits per heavy atom. The summed E-state index contributed by atoms with van der Waals surface area (Å²) in [5.74, 6) is 1.03. The van der Waals surface area contributed by atoms with Gasteiger partial charge in [-0.3, -0.25) is 0 Å². The normalized spacial score (nSPS) is 13.0. The van der Waals surface area contributed by atoms with E-state index in [9.17, 15) is 0 Å². The van der Waals surface area contributed by atoms with Gasteiger partial charge in [-0.15, -0.1) is 0 Å². The molecule has 0 fully saturated rings. The molecule has 1 aromatic heterocycles. The Labute approximate surface area is 86.3 Å². The Hall–Kier alpha value is -0.830. The van der Waals surface area contributed by atoms with Crippen LogP contribution in [-0.2, 0) is 6.54 Å². The monoisotopic (exact) mass is 195 g/mol. The van der Waals surface area contributed by atoms with Crippen molar-refractivity contribution in [1.82, 2.24) is 15.3 Å². The first-order valence-electron chi connectivity index (χ1n) is 5.58. The maximum atomic E-state index is 4.18. The van der Waals surface area contributed by atoms with E-state index in [1.165, 1.54) is 25.7 Å². The van der Waals surface area contributed by atoms with Crippen LogP contribution in [-0.4, -0.2) is 16.0 Å². The first kappa shape index (κ1) is 11.2. The van der Waals surface area contributed by atoms with Gasteiger partial charge in [0.05, 0.1) is 6.54 Å². The first-order chi connectivity index (χ1) is 6.86. The molecule has 0 radical (unpaired) electrons. The quantitative estimate of drug-likeness (QED) is 0.701. The summed E-state index contributed by atoms with van der Waals surface area (Å²) >= 11 is 0. The third-order valence-corrected chi connectivity index (χ3v) is 2.51. The Balaban J connectivity index is 2.20. The van der Waals surface area contributed by atoms with Crippen molar-refractivity contribution in [1.29, 1.82) is 0 Å². The van der Waals surface area contributed by atoms with E-state index < -0.39 is 0 Å². The van der Waals surface area contributed by atoms with Crippen LogP contribution in [0.15, 0.2) is 12.4 Å². The van der Waals surface area contributed by atoms with E-state index in [1.807, 2.05) is 6.20 Å². The van der Waals surface area contributed by atoms with Crippen molar-refractivity contribution in [3.05, 3.63) is 18.2 Å². The predicted octanol–water partition coefficient (Wildman–Crippen LogP) is 2.47. The molecule has 0 aliphatic carbocycles. The Morgan fingerprint density at radius 1 is 1.50 bits per heavy atom. The maximum Gasteiger partial charge on any atom is 0.120 e. The van der Waals surface area contributed by atoms with Gasteiger partial charge in [-0.2, -0.15) is 0 Å². The molecule has 2 N–H and O–H groups in total. The Bertz CT molecular complexity index is 218. The van der Waals surface area contributed by atoms with Crippen molar-refractivity contribution in [2.75, 3.05) is 0 Å². The molecular formula is C11H21N3. The molecule has 80 valence electrons. The zero-order valence-corrected chi connectivity index (χ0v) is 9.21. The van der Waals surface area contributed by atoms with E-state index >= 15 is 0 Å². The minimum absolute atomic E-state index is 0.639. The molecule has 1 rings (SSSR count). The lowest BCUT2D eigenvalue weighted by Crippen LogP contribution is -2.28. The first-order valence-corrected chi connectivity index (χ1v) is 5.58. The zero-order chi connectivity index (χ0) is 10.2. The van der Waals surface area contributed by atoms with Crippen molar-refractivity contribution < 1.29 is 0 Å². The number of aromatic nitrogens is 2. The summed E-state index contributed by atoms with van der Waals surface area (Å²) in [5.41, 5.74) is 0. The number of rotatable bonds is 7. The maximum absolute atomic E-state index is 4.18.